The third-order valence-corrected chi connectivity index (χ3v) is 5.89. The van der Waals surface area contributed by atoms with E-state index in [1.54, 1.807) is 35.6 Å². The molecule has 1 aliphatic heterocycles. The maximum absolute atomic E-state index is 12.6. The summed E-state index contributed by atoms with van der Waals surface area (Å²) in [5.74, 6) is -0.142. The van der Waals surface area contributed by atoms with Crippen LogP contribution in [0.25, 0.3) is 6.08 Å². The predicted octanol–water partition coefficient (Wildman–Crippen LogP) is 3.72. The van der Waals surface area contributed by atoms with E-state index in [2.05, 4.69) is 10.3 Å². The molecular formula is C20H21ClN4O2S2. The molecule has 2 heterocycles. The number of hydrogen-bond donors (Lipinski definition) is 1. The molecule has 1 saturated heterocycles. The van der Waals surface area contributed by atoms with Crippen LogP contribution in [0, 0.1) is 0 Å². The Labute approximate surface area is 184 Å². The van der Waals surface area contributed by atoms with Crippen LogP contribution in [0.5, 0.6) is 0 Å². The number of carbonyl (C=O) groups is 2. The van der Waals surface area contributed by atoms with Gasteiger partial charge in [0.05, 0.1) is 11.2 Å². The van der Waals surface area contributed by atoms with Crippen molar-refractivity contribution >= 4 is 57.8 Å². The number of thioether (sulfide) groups is 1. The van der Waals surface area contributed by atoms with Gasteiger partial charge in [0.25, 0.3) is 5.91 Å². The average molecular weight is 449 g/mol. The van der Waals surface area contributed by atoms with E-state index >= 15 is 0 Å². The molecule has 29 heavy (non-hydrogen) atoms. The van der Waals surface area contributed by atoms with E-state index in [0.29, 0.717) is 40.2 Å². The van der Waals surface area contributed by atoms with Gasteiger partial charge in [0.1, 0.15) is 4.32 Å². The van der Waals surface area contributed by atoms with E-state index in [4.69, 9.17) is 23.8 Å². The Balaban J connectivity index is 1.40. The highest BCUT2D eigenvalue weighted by Gasteiger charge is 2.31. The highest BCUT2D eigenvalue weighted by atomic mass is 35.5. The quantitative estimate of drug-likeness (QED) is 0.359. The second-order valence-electron chi connectivity index (χ2n) is 6.50. The summed E-state index contributed by atoms with van der Waals surface area (Å²) in [4.78, 5) is 30.7. The molecule has 1 aromatic carbocycles. The third kappa shape index (κ3) is 6.42. The van der Waals surface area contributed by atoms with Gasteiger partial charge in [-0.1, -0.05) is 47.7 Å². The molecule has 152 valence electrons. The molecule has 1 fully saturated rings. The lowest BCUT2D eigenvalue weighted by Gasteiger charge is -2.14. The van der Waals surface area contributed by atoms with Crippen LogP contribution < -0.4 is 5.32 Å². The number of amides is 2. The standard InChI is InChI=1S/C20H21ClN4O2S2/c21-16-5-1-4-15(12-16)13-17-19(27)25(20(28)29-17)10-2-6-18(26)23-7-3-9-24-11-8-22-14-24/h1,4-5,8,11-14H,2-3,6-7,9-10H2,(H,23,26). The molecule has 1 aromatic heterocycles. The van der Waals surface area contributed by atoms with Crippen molar-refractivity contribution in [1.82, 2.24) is 19.8 Å². The number of carbonyl (C=O) groups excluding carboxylic acids is 2. The number of aromatic nitrogens is 2. The fourth-order valence-electron chi connectivity index (χ4n) is 2.84. The first-order chi connectivity index (χ1) is 14.0. The number of nitrogens with one attached hydrogen (secondary N) is 1. The number of aryl methyl sites for hydroxylation is 1. The van der Waals surface area contributed by atoms with Gasteiger partial charge < -0.3 is 9.88 Å². The summed E-state index contributed by atoms with van der Waals surface area (Å²) < 4.78 is 2.49. The zero-order chi connectivity index (χ0) is 20.6. The fourth-order valence-corrected chi connectivity index (χ4v) is 4.34. The molecule has 0 atom stereocenters. The predicted molar refractivity (Wildman–Crippen MR) is 120 cm³/mol. The largest absolute Gasteiger partial charge is 0.356 e. The van der Waals surface area contributed by atoms with Crippen LogP contribution in [0.2, 0.25) is 5.02 Å². The first-order valence-electron chi connectivity index (χ1n) is 9.26. The van der Waals surface area contributed by atoms with Gasteiger partial charge in [-0.05, 0) is 36.6 Å². The minimum absolute atomic E-state index is 0.0180. The molecule has 1 aliphatic rings. The lowest BCUT2D eigenvalue weighted by molar-refractivity contribution is -0.124. The van der Waals surface area contributed by atoms with Crippen molar-refractivity contribution in [2.45, 2.75) is 25.8 Å². The van der Waals surface area contributed by atoms with Crippen LogP contribution in [0.15, 0.2) is 47.9 Å². The Kier molecular flexibility index (Phi) is 7.85. The molecule has 0 saturated carbocycles. The monoisotopic (exact) mass is 448 g/mol. The maximum Gasteiger partial charge on any atom is 0.266 e. The zero-order valence-electron chi connectivity index (χ0n) is 15.7. The second kappa shape index (κ2) is 10.6. The van der Waals surface area contributed by atoms with Crippen molar-refractivity contribution in [1.29, 1.82) is 0 Å². The number of imidazole rings is 1. The van der Waals surface area contributed by atoms with Gasteiger partial charge in [0, 0.05) is 43.5 Å². The smallest absolute Gasteiger partial charge is 0.266 e. The average Bonchev–Trinajstić information content (AvgIpc) is 3.29. The van der Waals surface area contributed by atoms with E-state index in [1.165, 1.54) is 11.8 Å². The molecule has 0 spiro atoms. The van der Waals surface area contributed by atoms with Gasteiger partial charge in [-0.25, -0.2) is 4.98 Å². The van der Waals surface area contributed by atoms with Gasteiger partial charge in [0.15, 0.2) is 0 Å². The Hall–Kier alpha value is -2.16. The number of rotatable bonds is 9. The zero-order valence-corrected chi connectivity index (χ0v) is 18.1. The number of hydrogen-bond acceptors (Lipinski definition) is 5. The van der Waals surface area contributed by atoms with E-state index in [1.807, 2.05) is 22.9 Å². The minimum atomic E-state index is -0.124. The lowest BCUT2D eigenvalue weighted by Crippen LogP contribution is -2.31. The van der Waals surface area contributed by atoms with Crippen molar-refractivity contribution in [2.75, 3.05) is 13.1 Å². The Morgan fingerprint density at radius 2 is 2.17 bits per heavy atom. The highest BCUT2D eigenvalue weighted by molar-refractivity contribution is 8.26. The number of benzene rings is 1. The second-order valence-corrected chi connectivity index (χ2v) is 8.61. The Morgan fingerprint density at radius 1 is 1.31 bits per heavy atom. The van der Waals surface area contributed by atoms with Crippen molar-refractivity contribution in [3.05, 3.63) is 58.5 Å². The molecule has 0 aliphatic carbocycles. The molecule has 6 nitrogen and oxygen atoms in total. The molecular weight excluding hydrogens is 428 g/mol. The van der Waals surface area contributed by atoms with Crippen molar-refractivity contribution in [3.8, 4) is 0 Å². The fraction of sp³-hybridized carbons (Fsp3) is 0.300. The van der Waals surface area contributed by atoms with E-state index in [-0.39, 0.29) is 11.8 Å². The lowest BCUT2D eigenvalue weighted by atomic mass is 10.2. The number of halogens is 1. The van der Waals surface area contributed by atoms with Crippen LogP contribution in [-0.4, -0.2) is 43.7 Å². The first kappa shape index (κ1) is 21.5. The Bertz CT molecular complexity index is 915. The van der Waals surface area contributed by atoms with E-state index < -0.39 is 0 Å². The van der Waals surface area contributed by atoms with Crippen LogP contribution in [-0.2, 0) is 16.1 Å². The molecule has 2 amide bonds. The normalized spacial score (nSPS) is 15.3. The van der Waals surface area contributed by atoms with Crippen LogP contribution >= 0.6 is 35.6 Å². The first-order valence-corrected chi connectivity index (χ1v) is 10.9. The third-order valence-electron chi connectivity index (χ3n) is 4.28. The van der Waals surface area contributed by atoms with Crippen LogP contribution in [0.1, 0.15) is 24.8 Å². The van der Waals surface area contributed by atoms with Crippen molar-refractivity contribution in [2.24, 2.45) is 0 Å². The summed E-state index contributed by atoms with van der Waals surface area (Å²) in [6.07, 6.45) is 8.93. The maximum atomic E-state index is 12.6. The van der Waals surface area contributed by atoms with Crippen LogP contribution in [0.3, 0.4) is 0 Å². The summed E-state index contributed by atoms with van der Waals surface area (Å²) in [7, 11) is 0. The molecule has 3 rings (SSSR count). The number of thiocarbonyl (C=S) groups is 1. The van der Waals surface area contributed by atoms with Crippen molar-refractivity contribution in [3.63, 3.8) is 0 Å². The van der Waals surface area contributed by atoms with E-state index in [9.17, 15) is 9.59 Å². The molecule has 0 unspecified atom stereocenters. The van der Waals surface area contributed by atoms with E-state index in [0.717, 1.165) is 18.5 Å². The molecule has 2 aromatic rings. The Morgan fingerprint density at radius 3 is 2.93 bits per heavy atom. The van der Waals surface area contributed by atoms with Gasteiger partial charge >= 0.3 is 0 Å². The van der Waals surface area contributed by atoms with Crippen LogP contribution in [0.4, 0.5) is 0 Å². The highest BCUT2D eigenvalue weighted by Crippen LogP contribution is 2.33. The number of nitrogens with zero attached hydrogens (tertiary/aromatic N) is 3. The SMILES string of the molecule is O=C(CCCN1C(=O)C(=Cc2cccc(Cl)c2)SC1=S)NCCCn1ccnc1. The van der Waals surface area contributed by atoms with Gasteiger partial charge in [-0.3, -0.25) is 14.5 Å². The van der Waals surface area contributed by atoms with Gasteiger partial charge in [0.2, 0.25) is 5.91 Å². The van der Waals surface area contributed by atoms with Crippen molar-refractivity contribution < 1.29 is 9.59 Å². The molecule has 9 heteroatoms. The van der Waals surface area contributed by atoms with Gasteiger partial charge in [-0.2, -0.15) is 0 Å². The summed E-state index contributed by atoms with van der Waals surface area (Å²) in [5, 5.41) is 3.52. The van der Waals surface area contributed by atoms with Gasteiger partial charge in [-0.15, -0.1) is 0 Å². The molecule has 1 N–H and O–H groups in total. The minimum Gasteiger partial charge on any atom is -0.356 e. The molecule has 0 bridgehead atoms. The molecule has 0 radical (unpaired) electrons. The summed E-state index contributed by atoms with van der Waals surface area (Å²) in [5.41, 5.74) is 0.855. The summed E-state index contributed by atoms with van der Waals surface area (Å²) in [6, 6.07) is 7.30. The summed E-state index contributed by atoms with van der Waals surface area (Å²) in [6.45, 7) is 1.86. The topological polar surface area (TPSA) is 67.2 Å². The summed E-state index contributed by atoms with van der Waals surface area (Å²) >= 11 is 12.6.